The Labute approximate surface area is 158 Å². The Balaban J connectivity index is 1.45. The smallest absolute Gasteiger partial charge is 0.227 e. The Morgan fingerprint density at radius 1 is 1.12 bits per heavy atom. The third-order valence-electron chi connectivity index (χ3n) is 4.70. The molecule has 3 rings (SSSR count). The molecule has 0 aromatic heterocycles. The molecule has 2 heterocycles. The minimum atomic E-state index is 0.0746. The zero-order chi connectivity index (χ0) is 17.6. The van der Waals surface area contributed by atoms with Crippen molar-refractivity contribution >= 4 is 35.2 Å². The van der Waals surface area contributed by atoms with Gasteiger partial charge in [0, 0.05) is 61.7 Å². The van der Waals surface area contributed by atoms with Crippen LogP contribution in [0.5, 0.6) is 0 Å². The minimum absolute atomic E-state index is 0.0746. The molecule has 2 aliphatic rings. The van der Waals surface area contributed by atoms with E-state index >= 15 is 0 Å². The fraction of sp³-hybridized carbons (Fsp3) is 0.556. The van der Waals surface area contributed by atoms with Crippen LogP contribution in [0, 0.1) is 0 Å². The molecule has 0 spiro atoms. The van der Waals surface area contributed by atoms with Gasteiger partial charge in [-0.25, -0.2) is 0 Å². The molecule has 2 amide bonds. The van der Waals surface area contributed by atoms with E-state index in [1.54, 1.807) is 6.07 Å². The van der Waals surface area contributed by atoms with E-state index < -0.39 is 0 Å². The Hall–Kier alpha value is -1.24. The van der Waals surface area contributed by atoms with Gasteiger partial charge in [-0.15, -0.1) is 0 Å². The fourth-order valence-corrected chi connectivity index (χ4v) is 4.36. The second kappa shape index (κ2) is 8.92. The van der Waals surface area contributed by atoms with E-state index in [9.17, 15) is 9.59 Å². The normalized spacial score (nSPS) is 21.2. The summed E-state index contributed by atoms with van der Waals surface area (Å²) < 4.78 is 0. The lowest BCUT2D eigenvalue weighted by Gasteiger charge is -2.36. The van der Waals surface area contributed by atoms with E-state index in [-0.39, 0.29) is 17.9 Å². The highest BCUT2D eigenvalue weighted by molar-refractivity contribution is 7.99. The molecule has 0 saturated carbocycles. The number of rotatable bonds is 4. The average molecular weight is 382 g/mol. The van der Waals surface area contributed by atoms with Crippen LogP contribution in [0.15, 0.2) is 24.3 Å². The lowest BCUT2D eigenvalue weighted by atomic mass is 10.1. The minimum Gasteiger partial charge on any atom is -0.339 e. The topological polar surface area (TPSA) is 52.7 Å². The molecule has 5 nitrogen and oxygen atoms in total. The van der Waals surface area contributed by atoms with Crippen LogP contribution >= 0.6 is 23.4 Å². The van der Waals surface area contributed by atoms with Gasteiger partial charge in [-0.05, 0) is 11.6 Å². The van der Waals surface area contributed by atoms with Gasteiger partial charge in [0.05, 0.1) is 6.42 Å². The molecular formula is C18H24ClN3O2S. The van der Waals surface area contributed by atoms with Crippen molar-refractivity contribution in [2.75, 3.05) is 44.2 Å². The van der Waals surface area contributed by atoms with Crippen LogP contribution in [0.25, 0.3) is 0 Å². The maximum Gasteiger partial charge on any atom is 0.227 e. The van der Waals surface area contributed by atoms with Crippen LogP contribution in [0.4, 0.5) is 0 Å². The molecule has 0 aliphatic carbocycles. The summed E-state index contributed by atoms with van der Waals surface area (Å²) in [5.41, 5.74) is 0.855. The van der Waals surface area contributed by atoms with Gasteiger partial charge in [-0.1, -0.05) is 29.8 Å². The Morgan fingerprint density at radius 2 is 1.80 bits per heavy atom. The zero-order valence-corrected chi connectivity index (χ0v) is 15.8. The molecule has 2 saturated heterocycles. The summed E-state index contributed by atoms with van der Waals surface area (Å²) in [6, 6.07) is 7.72. The van der Waals surface area contributed by atoms with Gasteiger partial charge in [-0.3, -0.25) is 9.59 Å². The summed E-state index contributed by atoms with van der Waals surface area (Å²) in [6.45, 7) is 3.41. The number of carbonyl (C=O) groups excluding carboxylic acids is 2. The highest BCUT2D eigenvalue weighted by Gasteiger charge is 2.26. The van der Waals surface area contributed by atoms with E-state index in [4.69, 9.17) is 11.6 Å². The summed E-state index contributed by atoms with van der Waals surface area (Å²) in [5, 5.41) is 4.03. The predicted molar refractivity (Wildman–Crippen MR) is 102 cm³/mol. The van der Waals surface area contributed by atoms with Crippen molar-refractivity contribution in [1.82, 2.24) is 15.1 Å². The average Bonchev–Trinajstić information content (AvgIpc) is 2.64. The third-order valence-corrected chi connectivity index (χ3v) is 6.20. The van der Waals surface area contributed by atoms with E-state index in [1.165, 1.54) is 0 Å². The number of piperazine rings is 1. The fourth-order valence-electron chi connectivity index (χ4n) is 3.21. The van der Waals surface area contributed by atoms with Gasteiger partial charge in [0.2, 0.25) is 11.8 Å². The Kier molecular flexibility index (Phi) is 6.62. The van der Waals surface area contributed by atoms with Crippen molar-refractivity contribution in [3.63, 3.8) is 0 Å². The maximum absolute atomic E-state index is 12.5. The quantitative estimate of drug-likeness (QED) is 0.861. The summed E-state index contributed by atoms with van der Waals surface area (Å²) >= 11 is 8.03. The number of amides is 2. The third kappa shape index (κ3) is 5.12. The van der Waals surface area contributed by atoms with Crippen LogP contribution in [0.1, 0.15) is 12.0 Å². The molecule has 25 heavy (non-hydrogen) atoms. The molecule has 7 heteroatoms. The molecule has 1 aromatic rings. The van der Waals surface area contributed by atoms with Gasteiger partial charge in [0.1, 0.15) is 0 Å². The summed E-state index contributed by atoms with van der Waals surface area (Å²) in [7, 11) is 0. The number of hydrogen-bond acceptors (Lipinski definition) is 4. The molecule has 1 N–H and O–H groups in total. The number of thioether (sulfide) groups is 1. The monoisotopic (exact) mass is 381 g/mol. The van der Waals surface area contributed by atoms with Crippen LogP contribution in [0.2, 0.25) is 5.02 Å². The van der Waals surface area contributed by atoms with Crippen molar-refractivity contribution in [3.8, 4) is 0 Å². The van der Waals surface area contributed by atoms with Gasteiger partial charge in [0.25, 0.3) is 0 Å². The number of nitrogens with zero attached hydrogens (tertiary/aromatic N) is 2. The van der Waals surface area contributed by atoms with E-state index in [0.29, 0.717) is 44.0 Å². The second-order valence-electron chi connectivity index (χ2n) is 6.46. The van der Waals surface area contributed by atoms with Crippen molar-refractivity contribution < 1.29 is 9.59 Å². The first-order valence-electron chi connectivity index (χ1n) is 8.73. The highest BCUT2D eigenvalue weighted by atomic mass is 35.5. The van der Waals surface area contributed by atoms with Crippen LogP contribution in [-0.2, 0) is 16.0 Å². The number of hydrogen-bond donors (Lipinski definition) is 1. The number of halogens is 1. The van der Waals surface area contributed by atoms with E-state index in [2.05, 4.69) is 5.32 Å². The van der Waals surface area contributed by atoms with Crippen LogP contribution in [-0.4, -0.2) is 71.9 Å². The van der Waals surface area contributed by atoms with Crippen molar-refractivity contribution in [3.05, 3.63) is 34.9 Å². The number of nitrogens with one attached hydrogen (secondary N) is 1. The molecule has 1 atom stereocenters. The first-order valence-corrected chi connectivity index (χ1v) is 10.3. The summed E-state index contributed by atoms with van der Waals surface area (Å²) in [4.78, 5) is 28.6. The first-order chi connectivity index (χ1) is 12.1. The summed E-state index contributed by atoms with van der Waals surface area (Å²) in [5.74, 6) is 2.39. The summed E-state index contributed by atoms with van der Waals surface area (Å²) in [6.07, 6.45) is 0.872. The highest BCUT2D eigenvalue weighted by Crippen LogP contribution is 2.17. The van der Waals surface area contributed by atoms with E-state index in [1.807, 2.05) is 39.8 Å². The Morgan fingerprint density at radius 3 is 2.44 bits per heavy atom. The van der Waals surface area contributed by atoms with Gasteiger partial charge in [-0.2, -0.15) is 11.8 Å². The molecule has 1 unspecified atom stereocenters. The second-order valence-corrected chi connectivity index (χ2v) is 8.02. The lowest BCUT2D eigenvalue weighted by Crippen LogP contribution is -2.52. The van der Waals surface area contributed by atoms with Gasteiger partial charge < -0.3 is 15.1 Å². The number of benzene rings is 1. The van der Waals surface area contributed by atoms with Crippen molar-refractivity contribution in [1.29, 1.82) is 0 Å². The molecule has 2 aliphatic heterocycles. The lowest BCUT2D eigenvalue weighted by molar-refractivity contribution is -0.139. The first kappa shape index (κ1) is 18.5. The van der Waals surface area contributed by atoms with Crippen molar-refractivity contribution in [2.24, 2.45) is 0 Å². The molecule has 1 aromatic carbocycles. The maximum atomic E-state index is 12.5. The molecule has 0 bridgehead atoms. The van der Waals surface area contributed by atoms with Gasteiger partial charge >= 0.3 is 0 Å². The van der Waals surface area contributed by atoms with Gasteiger partial charge in [0.15, 0.2) is 0 Å². The molecule has 0 radical (unpaired) electrons. The molecular weight excluding hydrogens is 358 g/mol. The largest absolute Gasteiger partial charge is 0.339 e. The Bertz CT molecular complexity index is 614. The standard InChI is InChI=1S/C18H24ClN3O2S/c19-16-4-2-1-3-14(16)11-17(23)21-6-8-22(9-7-21)18(24)12-15-13-25-10-5-20-15/h1-4,15,20H,5-13H2. The predicted octanol–water partition coefficient (Wildman–Crippen LogP) is 1.65. The van der Waals surface area contributed by atoms with Crippen LogP contribution < -0.4 is 5.32 Å². The SMILES string of the molecule is O=C(Cc1ccccc1Cl)N1CCN(C(=O)CC2CSCCN2)CC1. The van der Waals surface area contributed by atoms with Crippen molar-refractivity contribution in [2.45, 2.75) is 18.9 Å². The zero-order valence-electron chi connectivity index (χ0n) is 14.2. The number of carbonyl (C=O) groups is 2. The molecule has 136 valence electrons. The van der Waals surface area contributed by atoms with Crippen LogP contribution in [0.3, 0.4) is 0 Å². The molecule has 2 fully saturated rings. The van der Waals surface area contributed by atoms with E-state index in [0.717, 1.165) is 23.6 Å².